The lowest BCUT2D eigenvalue weighted by Gasteiger charge is -2.06. The summed E-state index contributed by atoms with van der Waals surface area (Å²) in [4.78, 5) is 11.2. The molecule has 4 heteroatoms. The van der Waals surface area contributed by atoms with Gasteiger partial charge < -0.3 is 10.4 Å². The largest absolute Gasteiger partial charge is 0.396 e. The van der Waals surface area contributed by atoms with Crippen molar-refractivity contribution in [3.63, 3.8) is 0 Å². The lowest BCUT2D eigenvalue weighted by atomic mass is 10.1. The summed E-state index contributed by atoms with van der Waals surface area (Å²) in [6, 6.07) is 2.00. The highest BCUT2D eigenvalue weighted by atomic mass is 16.3. The van der Waals surface area contributed by atoms with E-state index in [4.69, 9.17) is 10.4 Å². The van der Waals surface area contributed by atoms with Crippen molar-refractivity contribution in [2.45, 2.75) is 19.3 Å². The number of carbonyl (C=O) groups excluding carboxylic acids is 1. The fraction of sp³-hybridized carbons (Fsp3) is 0.750. The van der Waals surface area contributed by atoms with Crippen molar-refractivity contribution in [2.75, 3.05) is 13.2 Å². The molecule has 1 aliphatic rings. The molecule has 4 nitrogen and oxygen atoms in total. The van der Waals surface area contributed by atoms with Gasteiger partial charge in [-0.1, -0.05) is 0 Å². The number of aliphatic hydroxyl groups is 1. The molecule has 0 unspecified atom stereocenters. The molecule has 1 saturated carbocycles. The highest BCUT2D eigenvalue weighted by Crippen LogP contribution is 2.44. The third kappa shape index (κ3) is 1.74. The van der Waals surface area contributed by atoms with Crippen LogP contribution in [0, 0.1) is 16.7 Å². The zero-order chi connectivity index (χ0) is 9.03. The molecule has 0 aliphatic heterocycles. The maximum atomic E-state index is 11.2. The van der Waals surface area contributed by atoms with E-state index in [0.29, 0.717) is 25.8 Å². The van der Waals surface area contributed by atoms with E-state index in [-0.39, 0.29) is 12.5 Å². The van der Waals surface area contributed by atoms with Crippen LogP contribution in [0.4, 0.5) is 0 Å². The minimum Gasteiger partial charge on any atom is -0.396 e. The first kappa shape index (κ1) is 9.01. The molecule has 0 saturated heterocycles. The molecule has 1 fully saturated rings. The third-order valence-corrected chi connectivity index (χ3v) is 2.02. The molecule has 0 radical (unpaired) electrons. The molecule has 1 rings (SSSR count). The molecule has 0 bridgehead atoms. The van der Waals surface area contributed by atoms with Crippen molar-refractivity contribution in [2.24, 2.45) is 5.41 Å². The molecule has 1 amide bonds. The van der Waals surface area contributed by atoms with Crippen LogP contribution in [0.3, 0.4) is 0 Å². The summed E-state index contributed by atoms with van der Waals surface area (Å²) in [5, 5.41) is 19.7. The van der Waals surface area contributed by atoms with E-state index in [2.05, 4.69) is 5.32 Å². The van der Waals surface area contributed by atoms with Gasteiger partial charge in [0, 0.05) is 13.2 Å². The van der Waals surface area contributed by atoms with E-state index in [1.165, 1.54) is 0 Å². The van der Waals surface area contributed by atoms with Crippen molar-refractivity contribution in [1.82, 2.24) is 5.32 Å². The van der Waals surface area contributed by atoms with E-state index in [9.17, 15) is 4.79 Å². The van der Waals surface area contributed by atoms with Crippen LogP contribution in [0.1, 0.15) is 19.3 Å². The van der Waals surface area contributed by atoms with Gasteiger partial charge in [-0.3, -0.25) is 4.79 Å². The quantitative estimate of drug-likeness (QED) is 0.570. The van der Waals surface area contributed by atoms with Gasteiger partial charge in [-0.2, -0.15) is 5.26 Å². The third-order valence-electron chi connectivity index (χ3n) is 2.02. The van der Waals surface area contributed by atoms with Gasteiger partial charge in [0.15, 0.2) is 0 Å². The fourth-order valence-electron chi connectivity index (χ4n) is 0.965. The van der Waals surface area contributed by atoms with Crippen LogP contribution in [0.15, 0.2) is 0 Å². The molecule has 0 aromatic rings. The van der Waals surface area contributed by atoms with Crippen LogP contribution in [-0.4, -0.2) is 24.2 Å². The fourth-order valence-corrected chi connectivity index (χ4v) is 0.965. The smallest absolute Gasteiger partial charge is 0.240 e. The van der Waals surface area contributed by atoms with Crippen molar-refractivity contribution in [3.05, 3.63) is 0 Å². The topological polar surface area (TPSA) is 73.1 Å². The number of amides is 1. The van der Waals surface area contributed by atoms with Gasteiger partial charge in [-0.05, 0) is 19.3 Å². The average Bonchev–Trinajstić information content (AvgIpc) is 2.85. The van der Waals surface area contributed by atoms with E-state index in [0.717, 1.165) is 0 Å². The molecular weight excluding hydrogens is 156 g/mol. The molecule has 0 spiro atoms. The summed E-state index contributed by atoms with van der Waals surface area (Å²) in [5.41, 5.74) is -0.727. The van der Waals surface area contributed by atoms with Crippen molar-refractivity contribution >= 4 is 5.91 Å². The van der Waals surface area contributed by atoms with Gasteiger partial charge in [0.1, 0.15) is 5.41 Å². The second kappa shape index (κ2) is 3.55. The Labute approximate surface area is 71.2 Å². The molecule has 1 aliphatic carbocycles. The highest BCUT2D eigenvalue weighted by molar-refractivity contribution is 5.88. The van der Waals surface area contributed by atoms with Gasteiger partial charge in [0.05, 0.1) is 6.07 Å². The number of hydrogen-bond acceptors (Lipinski definition) is 3. The first-order valence-corrected chi connectivity index (χ1v) is 4.05. The predicted molar refractivity (Wildman–Crippen MR) is 42.0 cm³/mol. The van der Waals surface area contributed by atoms with Crippen LogP contribution >= 0.6 is 0 Å². The lowest BCUT2D eigenvalue weighted by Crippen LogP contribution is -2.32. The normalized spacial score (nSPS) is 18.0. The minimum absolute atomic E-state index is 0.0693. The Balaban J connectivity index is 2.26. The number of rotatable bonds is 4. The first-order valence-electron chi connectivity index (χ1n) is 4.05. The number of aliphatic hydroxyl groups excluding tert-OH is 1. The summed E-state index contributed by atoms with van der Waals surface area (Å²) in [7, 11) is 0. The summed E-state index contributed by atoms with van der Waals surface area (Å²) >= 11 is 0. The number of nitriles is 1. The summed E-state index contributed by atoms with van der Waals surface area (Å²) in [6.45, 7) is 0.526. The van der Waals surface area contributed by atoms with E-state index < -0.39 is 5.41 Å². The molecule has 0 heterocycles. The first-order chi connectivity index (χ1) is 5.75. The average molecular weight is 168 g/mol. The molecule has 0 aromatic heterocycles. The van der Waals surface area contributed by atoms with E-state index in [1.807, 2.05) is 6.07 Å². The zero-order valence-corrected chi connectivity index (χ0v) is 6.84. The molecule has 0 aromatic carbocycles. The predicted octanol–water partition coefficient (Wildman–Crippen LogP) is -0.211. The maximum absolute atomic E-state index is 11.2. The van der Waals surface area contributed by atoms with Gasteiger partial charge in [-0.15, -0.1) is 0 Å². The van der Waals surface area contributed by atoms with Crippen molar-refractivity contribution in [3.8, 4) is 6.07 Å². The van der Waals surface area contributed by atoms with Gasteiger partial charge in [0.25, 0.3) is 0 Å². The number of nitrogens with one attached hydrogen (secondary N) is 1. The van der Waals surface area contributed by atoms with Crippen LogP contribution < -0.4 is 5.32 Å². The van der Waals surface area contributed by atoms with Crippen molar-refractivity contribution < 1.29 is 9.90 Å². The van der Waals surface area contributed by atoms with Gasteiger partial charge in [-0.25, -0.2) is 0 Å². The Morgan fingerprint density at radius 1 is 1.67 bits per heavy atom. The number of hydrogen-bond donors (Lipinski definition) is 2. The van der Waals surface area contributed by atoms with Gasteiger partial charge in [0.2, 0.25) is 5.91 Å². The zero-order valence-electron chi connectivity index (χ0n) is 6.84. The Hall–Kier alpha value is -1.08. The molecule has 0 atom stereocenters. The van der Waals surface area contributed by atoms with E-state index in [1.54, 1.807) is 0 Å². The van der Waals surface area contributed by atoms with E-state index >= 15 is 0 Å². The number of carbonyl (C=O) groups is 1. The van der Waals surface area contributed by atoms with Crippen LogP contribution in [0.25, 0.3) is 0 Å². The van der Waals surface area contributed by atoms with Crippen LogP contribution in [0.5, 0.6) is 0 Å². The molecule has 66 valence electrons. The highest BCUT2D eigenvalue weighted by Gasteiger charge is 2.50. The SMILES string of the molecule is N#CC1(C(=O)NCCCO)CC1. The Morgan fingerprint density at radius 3 is 2.75 bits per heavy atom. The summed E-state index contributed by atoms with van der Waals surface area (Å²) in [5.74, 6) is -0.182. The Kier molecular flexibility index (Phi) is 2.66. The van der Waals surface area contributed by atoms with Crippen LogP contribution in [0.2, 0.25) is 0 Å². The Bertz CT molecular complexity index is 216. The summed E-state index contributed by atoms with van der Waals surface area (Å²) < 4.78 is 0. The lowest BCUT2D eigenvalue weighted by molar-refractivity contribution is -0.124. The monoisotopic (exact) mass is 168 g/mol. The Morgan fingerprint density at radius 2 is 2.33 bits per heavy atom. The van der Waals surface area contributed by atoms with Crippen molar-refractivity contribution in [1.29, 1.82) is 5.26 Å². The minimum atomic E-state index is -0.727. The molecular formula is C8H12N2O2. The molecule has 2 N–H and O–H groups in total. The number of nitrogens with zero attached hydrogens (tertiary/aromatic N) is 1. The maximum Gasteiger partial charge on any atom is 0.240 e. The standard InChI is InChI=1S/C8H12N2O2/c9-6-8(2-3-8)7(12)10-4-1-5-11/h11H,1-5H2,(H,10,12). The molecule has 12 heavy (non-hydrogen) atoms. The second-order valence-electron chi connectivity index (χ2n) is 3.03. The van der Waals surface area contributed by atoms with Gasteiger partial charge >= 0.3 is 0 Å². The second-order valence-corrected chi connectivity index (χ2v) is 3.03. The van der Waals surface area contributed by atoms with Crippen LogP contribution in [-0.2, 0) is 4.79 Å². The summed E-state index contributed by atoms with van der Waals surface area (Å²) in [6.07, 6.45) is 1.90.